The number of hydrogen-bond acceptors (Lipinski definition) is 4. The molecule has 2 aromatic rings. The second-order valence-corrected chi connectivity index (χ2v) is 7.31. The maximum absolute atomic E-state index is 11.3. The van der Waals surface area contributed by atoms with Crippen LogP contribution in [0.1, 0.15) is 42.5 Å². The molecule has 1 fully saturated rings. The number of nitrogens with zero attached hydrogens (tertiary/aromatic N) is 1. The van der Waals surface area contributed by atoms with Crippen molar-refractivity contribution in [1.29, 1.82) is 0 Å². The lowest BCUT2D eigenvalue weighted by Gasteiger charge is -2.37. The smallest absolute Gasteiger partial charge is 0.306 e. The van der Waals surface area contributed by atoms with Crippen LogP contribution in [-0.4, -0.2) is 42.8 Å². The van der Waals surface area contributed by atoms with Crippen LogP contribution < -0.4 is 9.47 Å². The number of ether oxygens (including phenoxy) is 2. The van der Waals surface area contributed by atoms with Gasteiger partial charge in [-0.2, -0.15) is 0 Å². The molecule has 150 valence electrons. The Kier molecular flexibility index (Phi) is 6.57. The summed E-state index contributed by atoms with van der Waals surface area (Å²) < 4.78 is 11.2. The van der Waals surface area contributed by atoms with Crippen molar-refractivity contribution >= 4 is 5.97 Å². The largest absolute Gasteiger partial charge is 0.493 e. The highest BCUT2D eigenvalue weighted by molar-refractivity contribution is 5.70. The Hall–Kier alpha value is -2.53. The molecule has 5 nitrogen and oxygen atoms in total. The number of aryl methyl sites for hydroxylation is 1. The number of piperidine rings is 1. The number of carboxylic acid groups (broad SMARTS) is 1. The molecule has 1 N–H and O–H groups in total. The standard InChI is InChI=1S/C23H29NO4/c1-4-28-20-9-8-19(15-21(20)27-3)22(18-7-5-6-16(2)14-18)24-12-10-17(11-13-24)23(25)26/h5-9,14-15,17,22H,4,10-13H2,1-3H3,(H,25,26). The molecule has 1 unspecified atom stereocenters. The molecule has 1 aliphatic heterocycles. The quantitative estimate of drug-likeness (QED) is 0.773. The van der Waals surface area contributed by atoms with Crippen LogP contribution in [0.5, 0.6) is 11.5 Å². The van der Waals surface area contributed by atoms with Crippen LogP contribution in [0.15, 0.2) is 42.5 Å². The third-order valence-electron chi connectivity index (χ3n) is 5.41. The van der Waals surface area contributed by atoms with E-state index < -0.39 is 5.97 Å². The fourth-order valence-electron chi connectivity index (χ4n) is 3.99. The zero-order chi connectivity index (χ0) is 20.1. The zero-order valence-corrected chi connectivity index (χ0v) is 16.9. The Bertz CT molecular complexity index is 812. The Morgan fingerprint density at radius 2 is 1.86 bits per heavy atom. The van der Waals surface area contributed by atoms with E-state index >= 15 is 0 Å². The summed E-state index contributed by atoms with van der Waals surface area (Å²) in [4.78, 5) is 13.7. The molecule has 2 aromatic carbocycles. The van der Waals surface area contributed by atoms with Gasteiger partial charge in [0.15, 0.2) is 11.5 Å². The molecule has 3 rings (SSSR count). The van der Waals surface area contributed by atoms with Crippen molar-refractivity contribution in [3.63, 3.8) is 0 Å². The lowest BCUT2D eigenvalue weighted by atomic mass is 9.90. The summed E-state index contributed by atoms with van der Waals surface area (Å²) in [6, 6.07) is 14.7. The van der Waals surface area contributed by atoms with Gasteiger partial charge >= 0.3 is 5.97 Å². The van der Waals surface area contributed by atoms with Gasteiger partial charge in [-0.05, 0) is 63.0 Å². The van der Waals surface area contributed by atoms with Gasteiger partial charge in [0.1, 0.15) is 0 Å². The summed E-state index contributed by atoms with van der Waals surface area (Å²) in [7, 11) is 1.65. The first-order valence-corrected chi connectivity index (χ1v) is 9.87. The fourth-order valence-corrected chi connectivity index (χ4v) is 3.99. The van der Waals surface area contributed by atoms with E-state index in [1.807, 2.05) is 19.1 Å². The van der Waals surface area contributed by atoms with Crippen molar-refractivity contribution < 1.29 is 19.4 Å². The lowest BCUT2D eigenvalue weighted by Crippen LogP contribution is -2.39. The van der Waals surface area contributed by atoms with Crippen LogP contribution in [0.4, 0.5) is 0 Å². The van der Waals surface area contributed by atoms with Crippen LogP contribution in [0, 0.1) is 12.8 Å². The van der Waals surface area contributed by atoms with Gasteiger partial charge in [-0.1, -0.05) is 35.9 Å². The van der Waals surface area contributed by atoms with Gasteiger partial charge in [0.25, 0.3) is 0 Å². The molecule has 0 amide bonds. The molecule has 1 atom stereocenters. The zero-order valence-electron chi connectivity index (χ0n) is 16.9. The molecule has 0 radical (unpaired) electrons. The predicted molar refractivity (Wildman–Crippen MR) is 109 cm³/mol. The molecule has 0 spiro atoms. The number of carboxylic acids is 1. The Labute approximate surface area is 166 Å². The normalized spacial score (nSPS) is 16.5. The highest BCUT2D eigenvalue weighted by atomic mass is 16.5. The average Bonchev–Trinajstić information content (AvgIpc) is 2.70. The first-order chi connectivity index (χ1) is 13.5. The Balaban J connectivity index is 1.96. The van der Waals surface area contributed by atoms with E-state index in [1.165, 1.54) is 11.1 Å². The van der Waals surface area contributed by atoms with Crippen molar-refractivity contribution in [3.8, 4) is 11.5 Å². The molecular formula is C23H29NO4. The molecule has 0 aliphatic carbocycles. The maximum Gasteiger partial charge on any atom is 0.306 e. The van der Waals surface area contributed by atoms with Crippen LogP contribution >= 0.6 is 0 Å². The molecule has 1 heterocycles. The summed E-state index contributed by atoms with van der Waals surface area (Å²) in [6.45, 7) is 6.14. The van der Waals surface area contributed by atoms with Gasteiger partial charge in [-0.3, -0.25) is 9.69 Å². The SMILES string of the molecule is CCOc1ccc(C(c2cccc(C)c2)N2CCC(C(=O)O)CC2)cc1OC. The van der Waals surface area contributed by atoms with Gasteiger partial charge in [-0.25, -0.2) is 0 Å². The summed E-state index contributed by atoms with van der Waals surface area (Å²) in [6.07, 6.45) is 1.34. The second-order valence-electron chi connectivity index (χ2n) is 7.31. The van der Waals surface area contributed by atoms with E-state index in [-0.39, 0.29) is 12.0 Å². The fraction of sp³-hybridized carbons (Fsp3) is 0.435. The highest BCUT2D eigenvalue weighted by Gasteiger charge is 2.30. The van der Waals surface area contributed by atoms with E-state index in [0.717, 1.165) is 30.2 Å². The Morgan fingerprint density at radius 1 is 1.14 bits per heavy atom. The van der Waals surface area contributed by atoms with Crippen molar-refractivity contribution in [2.45, 2.75) is 32.7 Å². The molecule has 28 heavy (non-hydrogen) atoms. The van der Waals surface area contributed by atoms with Crippen molar-refractivity contribution in [3.05, 3.63) is 59.2 Å². The molecule has 1 aliphatic rings. The maximum atomic E-state index is 11.3. The lowest BCUT2D eigenvalue weighted by molar-refractivity contribution is -0.143. The number of hydrogen-bond donors (Lipinski definition) is 1. The summed E-state index contributed by atoms with van der Waals surface area (Å²) in [5.41, 5.74) is 3.54. The minimum atomic E-state index is -0.686. The van der Waals surface area contributed by atoms with E-state index in [0.29, 0.717) is 19.4 Å². The third kappa shape index (κ3) is 4.47. The van der Waals surface area contributed by atoms with Gasteiger partial charge in [0.05, 0.1) is 25.7 Å². The second kappa shape index (κ2) is 9.11. The van der Waals surface area contributed by atoms with E-state index in [9.17, 15) is 9.90 Å². The highest BCUT2D eigenvalue weighted by Crippen LogP contribution is 2.37. The number of aliphatic carboxylic acids is 1. The van der Waals surface area contributed by atoms with E-state index in [4.69, 9.17) is 9.47 Å². The number of likely N-dealkylation sites (tertiary alicyclic amines) is 1. The van der Waals surface area contributed by atoms with Crippen LogP contribution in [0.25, 0.3) is 0 Å². The molecule has 0 saturated carbocycles. The number of rotatable bonds is 7. The van der Waals surface area contributed by atoms with Gasteiger partial charge < -0.3 is 14.6 Å². The van der Waals surface area contributed by atoms with Crippen LogP contribution in [0.3, 0.4) is 0 Å². The van der Waals surface area contributed by atoms with Crippen LogP contribution in [0.2, 0.25) is 0 Å². The van der Waals surface area contributed by atoms with E-state index in [1.54, 1.807) is 7.11 Å². The van der Waals surface area contributed by atoms with Crippen molar-refractivity contribution in [2.75, 3.05) is 26.8 Å². The summed E-state index contributed by atoms with van der Waals surface area (Å²) in [5.74, 6) is 0.525. The van der Waals surface area contributed by atoms with Crippen molar-refractivity contribution in [1.82, 2.24) is 4.90 Å². The minimum absolute atomic E-state index is 0.0548. The van der Waals surface area contributed by atoms with Crippen molar-refractivity contribution in [2.24, 2.45) is 5.92 Å². The number of carbonyl (C=O) groups is 1. The predicted octanol–water partition coefficient (Wildman–Crippen LogP) is 4.29. The topological polar surface area (TPSA) is 59.0 Å². The monoisotopic (exact) mass is 383 g/mol. The van der Waals surface area contributed by atoms with E-state index in [2.05, 4.69) is 42.2 Å². The van der Waals surface area contributed by atoms with Crippen LogP contribution in [-0.2, 0) is 4.79 Å². The van der Waals surface area contributed by atoms with Gasteiger partial charge in [0.2, 0.25) is 0 Å². The van der Waals surface area contributed by atoms with Gasteiger partial charge in [0, 0.05) is 0 Å². The molecule has 1 saturated heterocycles. The first-order valence-electron chi connectivity index (χ1n) is 9.87. The average molecular weight is 383 g/mol. The molecular weight excluding hydrogens is 354 g/mol. The molecule has 0 aromatic heterocycles. The minimum Gasteiger partial charge on any atom is -0.493 e. The summed E-state index contributed by atoms with van der Waals surface area (Å²) in [5, 5.41) is 9.33. The number of benzene rings is 2. The van der Waals surface area contributed by atoms with Gasteiger partial charge in [-0.15, -0.1) is 0 Å². The Morgan fingerprint density at radius 3 is 2.46 bits per heavy atom. The molecule has 0 bridgehead atoms. The molecule has 5 heteroatoms. The number of methoxy groups -OCH3 is 1. The summed E-state index contributed by atoms with van der Waals surface area (Å²) >= 11 is 0. The first kappa shape index (κ1) is 20.2. The third-order valence-corrected chi connectivity index (χ3v) is 5.41.